The third-order valence-electron chi connectivity index (χ3n) is 2.83. The molecule has 0 saturated carbocycles. The van der Waals surface area contributed by atoms with Gasteiger partial charge in [0.15, 0.2) is 0 Å². The van der Waals surface area contributed by atoms with Crippen molar-refractivity contribution in [1.29, 1.82) is 0 Å². The molecular weight excluding hydrogens is 242 g/mol. The normalized spacial score (nSPS) is 11.8. The molecule has 3 N–H and O–H groups in total. The Morgan fingerprint density at radius 3 is 2.47 bits per heavy atom. The lowest BCUT2D eigenvalue weighted by Crippen LogP contribution is -2.06. The van der Waals surface area contributed by atoms with Gasteiger partial charge in [-0.15, -0.1) is 0 Å². The number of ether oxygens (including phenoxy) is 1. The summed E-state index contributed by atoms with van der Waals surface area (Å²) < 4.78 is 5.75. The standard InChI is InChI=1S/C15H15NO3/c1-10(11-5-3-2-4-6-11)19-14-8-7-12(15(17)18)9-13(14)16/h2-10H,16H2,1H3,(H,17,18). The predicted octanol–water partition coefficient (Wildman–Crippen LogP) is 3.11. The van der Waals surface area contributed by atoms with Crippen LogP contribution in [0.5, 0.6) is 5.75 Å². The maximum Gasteiger partial charge on any atom is 0.335 e. The molecule has 0 spiro atoms. The summed E-state index contributed by atoms with van der Waals surface area (Å²) in [5, 5.41) is 8.86. The molecule has 19 heavy (non-hydrogen) atoms. The highest BCUT2D eigenvalue weighted by Crippen LogP contribution is 2.27. The van der Waals surface area contributed by atoms with Gasteiger partial charge in [0.2, 0.25) is 0 Å². The second-order valence-corrected chi connectivity index (χ2v) is 4.23. The lowest BCUT2D eigenvalue weighted by Gasteiger charge is -2.16. The van der Waals surface area contributed by atoms with Crippen LogP contribution in [0, 0.1) is 0 Å². The fraction of sp³-hybridized carbons (Fsp3) is 0.133. The van der Waals surface area contributed by atoms with E-state index in [1.165, 1.54) is 12.1 Å². The van der Waals surface area contributed by atoms with E-state index < -0.39 is 5.97 Å². The third-order valence-corrected chi connectivity index (χ3v) is 2.83. The van der Waals surface area contributed by atoms with Gasteiger partial charge in [-0.2, -0.15) is 0 Å². The zero-order valence-corrected chi connectivity index (χ0v) is 10.5. The van der Waals surface area contributed by atoms with Crippen LogP contribution >= 0.6 is 0 Å². The molecule has 2 aromatic rings. The second kappa shape index (κ2) is 5.44. The zero-order chi connectivity index (χ0) is 13.8. The molecular formula is C15H15NO3. The number of nitrogen functional groups attached to an aromatic ring is 1. The van der Waals surface area contributed by atoms with Gasteiger partial charge in [0.05, 0.1) is 11.3 Å². The van der Waals surface area contributed by atoms with E-state index in [-0.39, 0.29) is 11.7 Å². The molecule has 0 aliphatic carbocycles. The van der Waals surface area contributed by atoms with Crippen LogP contribution in [0.15, 0.2) is 48.5 Å². The number of carboxylic acid groups (broad SMARTS) is 1. The molecule has 0 heterocycles. The summed E-state index contributed by atoms with van der Waals surface area (Å²) in [5.74, 6) is -0.518. The summed E-state index contributed by atoms with van der Waals surface area (Å²) >= 11 is 0. The fourth-order valence-electron chi connectivity index (χ4n) is 1.77. The molecule has 1 atom stereocenters. The first-order valence-corrected chi connectivity index (χ1v) is 5.92. The SMILES string of the molecule is CC(Oc1ccc(C(=O)O)cc1N)c1ccccc1. The number of rotatable bonds is 4. The van der Waals surface area contributed by atoms with Gasteiger partial charge in [-0.1, -0.05) is 30.3 Å². The van der Waals surface area contributed by atoms with Crippen molar-refractivity contribution in [3.8, 4) is 5.75 Å². The number of carbonyl (C=O) groups is 1. The Kier molecular flexibility index (Phi) is 3.71. The Morgan fingerprint density at radius 2 is 1.89 bits per heavy atom. The van der Waals surface area contributed by atoms with Crippen LogP contribution in [0.2, 0.25) is 0 Å². The van der Waals surface area contributed by atoms with E-state index in [0.29, 0.717) is 11.4 Å². The fourth-order valence-corrected chi connectivity index (χ4v) is 1.77. The van der Waals surface area contributed by atoms with Crippen LogP contribution in [-0.2, 0) is 0 Å². The molecule has 1 unspecified atom stereocenters. The van der Waals surface area contributed by atoms with Gasteiger partial charge < -0.3 is 15.6 Å². The first kappa shape index (κ1) is 13.0. The summed E-state index contributed by atoms with van der Waals surface area (Å²) in [6.45, 7) is 1.92. The first-order valence-electron chi connectivity index (χ1n) is 5.92. The second-order valence-electron chi connectivity index (χ2n) is 4.23. The zero-order valence-electron chi connectivity index (χ0n) is 10.5. The number of hydrogen-bond donors (Lipinski definition) is 2. The first-order chi connectivity index (χ1) is 9.08. The van der Waals surface area contributed by atoms with Gasteiger partial charge in [-0.25, -0.2) is 4.79 Å². The van der Waals surface area contributed by atoms with Gasteiger partial charge in [0.25, 0.3) is 0 Å². The van der Waals surface area contributed by atoms with Gasteiger partial charge in [0.1, 0.15) is 11.9 Å². The quantitative estimate of drug-likeness (QED) is 0.825. The number of hydrogen-bond acceptors (Lipinski definition) is 3. The minimum atomic E-state index is -1.01. The van der Waals surface area contributed by atoms with Crippen LogP contribution in [0.1, 0.15) is 28.9 Å². The molecule has 0 amide bonds. The Labute approximate surface area is 111 Å². The molecule has 0 aromatic heterocycles. The lowest BCUT2D eigenvalue weighted by atomic mass is 10.1. The predicted molar refractivity (Wildman–Crippen MR) is 73.3 cm³/mol. The van der Waals surface area contributed by atoms with E-state index in [1.807, 2.05) is 37.3 Å². The summed E-state index contributed by atoms with van der Waals surface area (Å²) in [6.07, 6.45) is -0.154. The van der Waals surface area contributed by atoms with Crippen LogP contribution in [0.3, 0.4) is 0 Å². The average Bonchev–Trinajstić information content (AvgIpc) is 2.41. The van der Waals surface area contributed by atoms with Crippen molar-refractivity contribution in [2.45, 2.75) is 13.0 Å². The number of aromatic carboxylic acids is 1. The van der Waals surface area contributed by atoms with E-state index in [1.54, 1.807) is 6.07 Å². The molecule has 0 aliphatic heterocycles. The smallest absolute Gasteiger partial charge is 0.335 e. The van der Waals surface area contributed by atoms with E-state index in [9.17, 15) is 4.79 Å². The summed E-state index contributed by atoms with van der Waals surface area (Å²) in [5.41, 5.74) is 7.30. The summed E-state index contributed by atoms with van der Waals surface area (Å²) in [7, 11) is 0. The highest BCUT2D eigenvalue weighted by molar-refractivity contribution is 5.89. The van der Waals surface area contributed by atoms with Crippen molar-refractivity contribution in [2.75, 3.05) is 5.73 Å². The van der Waals surface area contributed by atoms with Crippen LogP contribution in [-0.4, -0.2) is 11.1 Å². The van der Waals surface area contributed by atoms with Crippen molar-refractivity contribution in [1.82, 2.24) is 0 Å². The van der Waals surface area contributed by atoms with E-state index in [2.05, 4.69) is 0 Å². The van der Waals surface area contributed by atoms with Crippen molar-refractivity contribution >= 4 is 11.7 Å². The maximum atomic E-state index is 10.8. The highest BCUT2D eigenvalue weighted by atomic mass is 16.5. The van der Waals surface area contributed by atoms with Crippen molar-refractivity contribution in [3.05, 3.63) is 59.7 Å². The van der Waals surface area contributed by atoms with E-state index >= 15 is 0 Å². The molecule has 4 nitrogen and oxygen atoms in total. The van der Waals surface area contributed by atoms with Gasteiger partial charge in [-0.05, 0) is 30.7 Å². The topological polar surface area (TPSA) is 72.5 Å². The Hall–Kier alpha value is -2.49. The van der Waals surface area contributed by atoms with Crippen LogP contribution < -0.4 is 10.5 Å². The summed E-state index contributed by atoms with van der Waals surface area (Å²) in [4.78, 5) is 10.8. The van der Waals surface area contributed by atoms with Gasteiger partial charge in [0, 0.05) is 0 Å². The number of nitrogens with two attached hydrogens (primary N) is 1. The van der Waals surface area contributed by atoms with Crippen molar-refractivity contribution in [2.24, 2.45) is 0 Å². The molecule has 2 rings (SSSR count). The molecule has 0 aliphatic rings. The number of carboxylic acids is 1. The summed E-state index contributed by atoms with van der Waals surface area (Å²) in [6, 6.07) is 14.2. The number of benzene rings is 2. The molecule has 0 bridgehead atoms. The van der Waals surface area contributed by atoms with Gasteiger partial charge in [-0.3, -0.25) is 0 Å². The maximum absolute atomic E-state index is 10.8. The highest BCUT2D eigenvalue weighted by Gasteiger charge is 2.11. The van der Waals surface area contributed by atoms with Crippen LogP contribution in [0.25, 0.3) is 0 Å². The minimum Gasteiger partial charge on any atom is -0.484 e. The average molecular weight is 257 g/mol. The third kappa shape index (κ3) is 3.04. The Morgan fingerprint density at radius 1 is 1.21 bits per heavy atom. The largest absolute Gasteiger partial charge is 0.484 e. The molecule has 0 fully saturated rings. The van der Waals surface area contributed by atoms with Crippen molar-refractivity contribution < 1.29 is 14.6 Å². The van der Waals surface area contributed by atoms with Crippen LogP contribution in [0.4, 0.5) is 5.69 Å². The molecule has 0 saturated heterocycles. The lowest BCUT2D eigenvalue weighted by molar-refractivity contribution is 0.0697. The van der Waals surface area contributed by atoms with E-state index in [4.69, 9.17) is 15.6 Å². The molecule has 98 valence electrons. The van der Waals surface area contributed by atoms with Gasteiger partial charge >= 0.3 is 5.97 Å². The Bertz CT molecular complexity index is 581. The Balaban J connectivity index is 2.18. The van der Waals surface area contributed by atoms with Crippen molar-refractivity contribution in [3.63, 3.8) is 0 Å². The molecule has 2 aromatic carbocycles. The van der Waals surface area contributed by atoms with E-state index in [0.717, 1.165) is 5.56 Å². The molecule has 4 heteroatoms. The minimum absolute atomic E-state index is 0.150. The molecule has 0 radical (unpaired) electrons. The number of anilines is 1. The monoisotopic (exact) mass is 257 g/mol.